The van der Waals surface area contributed by atoms with Crippen LogP contribution < -0.4 is 0 Å². The predicted octanol–water partition coefficient (Wildman–Crippen LogP) is 6.36. The lowest BCUT2D eigenvalue weighted by atomic mass is 9.92. The van der Waals surface area contributed by atoms with Crippen LogP contribution in [0.3, 0.4) is 0 Å². The van der Waals surface area contributed by atoms with Gasteiger partial charge in [0.25, 0.3) is 0 Å². The first-order valence-corrected chi connectivity index (χ1v) is 8.84. The maximum atomic E-state index is 5.26. The summed E-state index contributed by atoms with van der Waals surface area (Å²) >= 11 is 0. The maximum absolute atomic E-state index is 5.26. The molecule has 0 aromatic carbocycles. The average molecular weight is 271 g/mol. The summed E-state index contributed by atoms with van der Waals surface area (Å²) in [5.41, 5.74) is 0. The molecule has 1 nitrogen and oxygen atoms in total. The third kappa shape index (κ3) is 14.2. The van der Waals surface area contributed by atoms with Gasteiger partial charge >= 0.3 is 0 Å². The van der Waals surface area contributed by atoms with Crippen molar-refractivity contribution in [1.82, 2.24) is 0 Å². The molecule has 1 atom stereocenters. The molecule has 0 aromatic rings. The molecule has 19 heavy (non-hydrogen) atoms. The van der Waals surface area contributed by atoms with Gasteiger partial charge in [-0.25, -0.2) is 0 Å². The third-order valence-corrected chi connectivity index (χ3v) is 4.16. The molecule has 0 amide bonds. The van der Waals surface area contributed by atoms with E-state index in [2.05, 4.69) is 13.8 Å². The van der Waals surface area contributed by atoms with E-state index in [1.807, 2.05) is 7.11 Å². The lowest BCUT2D eigenvalue weighted by Gasteiger charge is -2.16. The van der Waals surface area contributed by atoms with E-state index in [4.69, 9.17) is 4.74 Å². The Morgan fingerprint density at radius 2 is 1.11 bits per heavy atom. The topological polar surface area (TPSA) is 9.23 Å². The van der Waals surface area contributed by atoms with Crippen LogP contribution in [0.15, 0.2) is 0 Å². The monoisotopic (exact) mass is 270 g/mol. The second-order valence-electron chi connectivity index (χ2n) is 6.05. The number of unbranched alkanes of at least 4 members (excludes halogenated alkanes) is 8. The highest BCUT2D eigenvalue weighted by molar-refractivity contribution is 4.61. The molecular formula is C18H38O. The van der Waals surface area contributed by atoms with E-state index in [9.17, 15) is 0 Å². The summed E-state index contributed by atoms with van der Waals surface area (Å²) in [5, 5.41) is 0. The first kappa shape index (κ1) is 19.0. The van der Waals surface area contributed by atoms with Gasteiger partial charge in [-0.1, -0.05) is 90.9 Å². The zero-order valence-electron chi connectivity index (χ0n) is 13.9. The summed E-state index contributed by atoms with van der Waals surface area (Å²) in [6.45, 7) is 5.53. The van der Waals surface area contributed by atoms with E-state index in [1.54, 1.807) is 0 Å². The molecule has 0 aromatic heterocycles. The number of hydrogen-bond donors (Lipinski definition) is 0. The lowest BCUT2D eigenvalue weighted by Crippen LogP contribution is -2.05. The van der Waals surface area contributed by atoms with Crippen LogP contribution in [0.25, 0.3) is 0 Å². The van der Waals surface area contributed by atoms with E-state index in [0.29, 0.717) is 0 Å². The molecular weight excluding hydrogens is 232 g/mol. The van der Waals surface area contributed by atoms with Crippen LogP contribution in [0.5, 0.6) is 0 Å². The summed E-state index contributed by atoms with van der Waals surface area (Å²) in [5.74, 6) is 0.919. The Hall–Kier alpha value is -0.0400. The van der Waals surface area contributed by atoms with Gasteiger partial charge in [0.2, 0.25) is 0 Å². The Balaban J connectivity index is 3.55. The van der Waals surface area contributed by atoms with Gasteiger partial charge in [-0.15, -0.1) is 0 Å². The van der Waals surface area contributed by atoms with Crippen LogP contribution >= 0.6 is 0 Å². The van der Waals surface area contributed by atoms with Crippen LogP contribution in [0.1, 0.15) is 97.3 Å². The Morgan fingerprint density at radius 3 is 1.63 bits per heavy atom. The lowest BCUT2D eigenvalue weighted by molar-refractivity contribution is 0.170. The van der Waals surface area contributed by atoms with Gasteiger partial charge in [-0.2, -0.15) is 0 Å². The Morgan fingerprint density at radius 1 is 0.632 bits per heavy atom. The first-order valence-electron chi connectivity index (χ1n) is 8.84. The molecule has 0 rings (SSSR count). The zero-order chi connectivity index (χ0) is 14.2. The molecule has 0 fully saturated rings. The molecule has 0 radical (unpaired) electrons. The summed E-state index contributed by atoms with van der Waals surface area (Å²) in [7, 11) is 1.83. The van der Waals surface area contributed by atoms with Crippen molar-refractivity contribution in [2.45, 2.75) is 97.3 Å². The van der Waals surface area contributed by atoms with Crippen molar-refractivity contribution in [1.29, 1.82) is 0 Å². The summed E-state index contributed by atoms with van der Waals surface area (Å²) < 4.78 is 5.26. The first-order chi connectivity index (χ1) is 9.35. The van der Waals surface area contributed by atoms with Gasteiger partial charge < -0.3 is 4.74 Å². The molecule has 0 aliphatic carbocycles. The SMILES string of the molecule is CCCCCCCCC(CCCCCC)CCOC. The Kier molecular flexibility index (Phi) is 16.0. The van der Waals surface area contributed by atoms with Crippen LogP contribution in [0.4, 0.5) is 0 Å². The average Bonchev–Trinajstić information content (AvgIpc) is 2.43. The van der Waals surface area contributed by atoms with Crippen LogP contribution in [0.2, 0.25) is 0 Å². The number of methoxy groups -OCH3 is 1. The fourth-order valence-corrected chi connectivity index (χ4v) is 2.79. The largest absolute Gasteiger partial charge is 0.385 e. The van der Waals surface area contributed by atoms with E-state index >= 15 is 0 Å². The molecule has 0 saturated carbocycles. The summed E-state index contributed by atoms with van der Waals surface area (Å²) in [6.07, 6.45) is 18.3. The van der Waals surface area contributed by atoms with E-state index < -0.39 is 0 Å². The molecule has 0 N–H and O–H groups in total. The summed E-state index contributed by atoms with van der Waals surface area (Å²) in [4.78, 5) is 0. The second-order valence-corrected chi connectivity index (χ2v) is 6.05. The van der Waals surface area contributed by atoms with Crippen molar-refractivity contribution < 1.29 is 4.74 Å². The smallest absolute Gasteiger partial charge is 0.0464 e. The molecule has 0 aliphatic rings. The number of rotatable bonds is 15. The predicted molar refractivity (Wildman–Crippen MR) is 86.7 cm³/mol. The van der Waals surface area contributed by atoms with E-state index in [-0.39, 0.29) is 0 Å². The Bertz CT molecular complexity index is 156. The second kappa shape index (κ2) is 16.0. The standard InChI is InChI=1S/C18H38O/c1-4-6-8-10-11-13-15-18(16-17-19-3)14-12-9-7-5-2/h18H,4-17H2,1-3H3. The highest BCUT2D eigenvalue weighted by Crippen LogP contribution is 2.21. The van der Waals surface area contributed by atoms with Crippen molar-refractivity contribution in [3.8, 4) is 0 Å². The molecule has 0 spiro atoms. The van der Waals surface area contributed by atoms with E-state index in [0.717, 1.165) is 12.5 Å². The van der Waals surface area contributed by atoms with E-state index in [1.165, 1.54) is 83.5 Å². The Labute approximate surface area is 122 Å². The van der Waals surface area contributed by atoms with Crippen molar-refractivity contribution in [2.75, 3.05) is 13.7 Å². The molecule has 0 aliphatic heterocycles. The minimum absolute atomic E-state index is 0.919. The number of ether oxygens (including phenoxy) is 1. The molecule has 116 valence electrons. The number of hydrogen-bond acceptors (Lipinski definition) is 1. The van der Waals surface area contributed by atoms with Crippen LogP contribution in [-0.4, -0.2) is 13.7 Å². The highest BCUT2D eigenvalue weighted by Gasteiger charge is 2.08. The van der Waals surface area contributed by atoms with Gasteiger partial charge in [-0.05, 0) is 12.3 Å². The van der Waals surface area contributed by atoms with Crippen molar-refractivity contribution >= 4 is 0 Å². The zero-order valence-corrected chi connectivity index (χ0v) is 13.9. The molecule has 1 unspecified atom stereocenters. The minimum atomic E-state index is 0.919. The minimum Gasteiger partial charge on any atom is -0.385 e. The van der Waals surface area contributed by atoms with Gasteiger partial charge in [-0.3, -0.25) is 0 Å². The van der Waals surface area contributed by atoms with Gasteiger partial charge in [0.15, 0.2) is 0 Å². The molecule has 0 bridgehead atoms. The van der Waals surface area contributed by atoms with Crippen molar-refractivity contribution in [3.63, 3.8) is 0 Å². The van der Waals surface area contributed by atoms with Gasteiger partial charge in [0.1, 0.15) is 0 Å². The fourth-order valence-electron chi connectivity index (χ4n) is 2.79. The normalized spacial score (nSPS) is 12.8. The quantitative estimate of drug-likeness (QED) is 0.315. The highest BCUT2D eigenvalue weighted by atomic mass is 16.5. The maximum Gasteiger partial charge on any atom is 0.0464 e. The van der Waals surface area contributed by atoms with Crippen LogP contribution in [0, 0.1) is 5.92 Å². The fraction of sp³-hybridized carbons (Fsp3) is 1.00. The van der Waals surface area contributed by atoms with Crippen molar-refractivity contribution in [2.24, 2.45) is 5.92 Å². The molecule has 0 saturated heterocycles. The van der Waals surface area contributed by atoms with Crippen molar-refractivity contribution in [3.05, 3.63) is 0 Å². The van der Waals surface area contributed by atoms with Crippen LogP contribution in [-0.2, 0) is 4.74 Å². The van der Waals surface area contributed by atoms with Gasteiger partial charge in [0.05, 0.1) is 0 Å². The third-order valence-electron chi connectivity index (χ3n) is 4.16. The molecule has 0 heterocycles. The van der Waals surface area contributed by atoms with Gasteiger partial charge in [0, 0.05) is 13.7 Å². The molecule has 1 heteroatoms. The summed E-state index contributed by atoms with van der Waals surface area (Å²) in [6, 6.07) is 0.